The second-order valence-corrected chi connectivity index (χ2v) is 5.30. The third-order valence-corrected chi connectivity index (χ3v) is 3.78. The van der Waals surface area contributed by atoms with Crippen molar-refractivity contribution < 1.29 is 5.11 Å². The minimum atomic E-state index is 0.240. The van der Waals surface area contributed by atoms with Crippen LogP contribution in [0.25, 0.3) is 0 Å². The van der Waals surface area contributed by atoms with Gasteiger partial charge < -0.3 is 10.8 Å². The molecule has 1 fully saturated rings. The molecule has 4 nitrogen and oxygen atoms in total. The average Bonchev–Trinajstić information content (AvgIpc) is 2.42. The maximum atomic E-state index is 8.93. The number of aliphatic hydroxyl groups excluding tert-OH is 1. The van der Waals surface area contributed by atoms with Crippen molar-refractivity contribution in [1.82, 2.24) is 9.80 Å². The molecule has 0 bridgehead atoms. The van der Waals surface area contributed by atoms with Crippen LogP contribution in [0, 0.1) is 0 Å². The van der Waals surface area contributed by atoms with Gasteiger partial charge in [-0.2, -0.15) is 0 Å². The third kappa shape index (κ3) is 3.98. The Kier molecular flexibility index (Phi) is 5.27. The molecule has 0 saturated carbocycles. The topological polar surface area (TPSA) is 52.7 Å². The SMILES string of the molecule is NC(=S)c1ccccc1CN1CCN(CCO)CC1. The number of benzene rings is 1. The van der Waals surface area contributed by atoms with E-state index < -0.39 is 0 Å². The van der Waals surface area contributed by atoms with Crippen molar-refractivity contribution in [2.45, 2.75) is 6.54 Å². The lowest BCUT2D eigenvalue weighted by Crippen LogP contribution is -2.46. The molecule has 3 N–H and O–H groups in total. The van der Waals surface area contributed by atoms with E-state index in [9.17, 15) is 0 Å². The summed E-state index contributed by atoms with van der Waals surface area (Å²) < 4.78 is 0. The summed E-state index contributed by atoms with van der Waals surface area (Å²) in [6.07, 6.45) is 0. The van der Waals surface area contributed by atoms with E-state index in [0.717, 1.165) is 44.8 Å². The zero-order valence-corrected chi connectivity index (χ0v) is 11.9. The van der Waals surface area contributed by atoms with E-state index in [1.807, 2.05) is 18.2 Å². The van der Waals surface area contributed by atoms with Crippen molar-refractivity contribution in [3.8, 4) is 0 Å². The molecule has 0 radical (unpaired) electrons. The molecule has 0 aromatic heterocycles. The molecule has 1 aromatic rings. The first kappa shape index (κ1) is 14.4. The van der Waals surface area contributed by atoms with Crippen molar-refractivity contribution in [3.63, 3.8) is 0 Å². The molecule has 104 valence electrons. The van der Waals surface area contributed by atoms with Gasteiger partial charge in [-0.3, -0.25) is 9.80 Å². The van der Waals surface area contributed by atoms with Gasteiger partial charge in [0.05, 0.1) is 6.61 Å². The first-order valence-corrected chi connectivity index (χ1v) is 7.05. The van der Waals surface area contributed by atoms with Gasteiger partial charge in [-0.05, 0) is 5.56 Å². The van der Waals surface area contributed by atoms with E-state index >= 15 is 0 Å². The van der Waals surface area contributed by atoms with Crippen LogP contribution in [0.5, 0.6) is 0 Å². The first-order valence-electron chi connectivity index (χ1n) is 6.64. The standard InChI is InChI=1S/C14H21N3OS/c15-14(19)13-4-2-1-3-12(13)11-17-7-5-16(6-8-17)9-10-18/h1-4,18H,5-11H2,(H2,15,19). The van der Waals surface area contributed by atoms with Gasteiger partial charge in [-0.15, -0.1) is 0 Å². The number of nitrogens with two attached hydrogens (primary N) is 1. The van der Waals surface area contributed by atoms with Crippen molar-refractivity contribution >= 4 is 17.2 Å². The summed E-state index contributed by atoms with van der Waals surface area (Å²) in [6.45, 7) is 5.96. The third-order valence-electron chi connectivity index (χ3n) is 3.56. The van der Waals surface area contributed by atoms with Gasteiger partial charge in [-0.25, -0.2) is 0 Å². The maximum absolute atomic E-state index is 8.93. The molecular formula is C14H21N3OS. The number of nitrogens with zero attached hydrogens (tertiary/aromatic N) is 2. The Balaban J connectivity index is 1.94. The lowest BCUT2D eigenvalue weighted by molar-refractivity contribution is 0.108. The van der Waals surface area contributed by atoms with E-state index in [2.05, 4.69) is 15.9 Å². The molecule has 0 amide bonds. The molecule has 1 aliphatic heterocycles. The van der Waals surface area contributed by atoms with Gasteiger partial charge in [0.1, 0.15) is 4.99 Å². The summed E-state index contributed by atoms with van der Waals surface area (Å²) in [7, 11) is 0. The van der Waals surface area contributed by atoms with Crippen LogP contribution in [0.3, 0.4) is 0 Å². The fraction of sp³-hybridized carbons (Fsp3) is 0.500. The molecule has 0 unspecified atom stereocenters. The van der Waals surface area contributed by atoms with Gasteiger partial charge in [0, 0.05) is 44.8 Å². The fourth-order valence-electron chi connectivity index (χ4n) is 2.45. The summed E-state index contributed by atoms with van der Waals surface area (Å²) in [6, 6.07) is 8.07. The van der Waals surface area contributed by atoms with E-state index in [1.54, 1.807) is 0 Å². The van der Waals surface area contributed by atoms with Crippen molar-refractivity contribution in [3.05, 3.63) is 35.4 Å². The number of aliphatic hydroxyl groups is 1. The number of hydrogen-bond donors (Lipinski definition) is 2. The average molecular weight is 279 g/mol. The fourth-order valence-corrected chi connectivity index (χ4v) is 2.65. The van der Waals surface area contributed by atoms with Crippen molar-refractivity contribution in [2.24, 2.45) is 5.73 Å². The molecule has 2 rings (SSSR count). The van der Waals surface area contributed by atoms with Crippen LogP contribution in [-0.2, 0) is 6.54 Å². The van der Waals surface area contributed by atoms with E-state index in [4.69, 9.17) is 23.1 Å². The number of rotatable bonds is 5. The Morgan fingerprint density at radius 2 is 1.79 bits per heavy atom. The van der Waals surface area contributed by atoms with Crippen molar-refractivity contribution in [1.29, 1.82) is 0 Å². The van der Waals surface area contributed by atoms with Crippen LogP contribution in [0.15, 0.2) is 24.3 Å². The Bertz CT molecular complexity index is 430. The Morgan fingerprint density at radius 1 is 1.16 bits per heavy atom. The summed E-state index contributed by atoms with van der Waals surface area (Å²) in [5.74, 6) is 0. The molecule has 1 heterocycles. The highest BCUT2D eigenvalue weighted by Gasteiger charge is 2.17. The molecule has 0 aliphatic carbocycles. The van der Waals surface area contributed by atoms with E-state index in [0.29, 0.717) is 4.99 Å². The molecular weight excluding hydrogens is 258 g/mol. The summed E-state index contributed by atoms with van der Waals surface area (Å²) in [5, 5.41) is 8.93. The van der Waals surface area contributed by atoms with Gasteiger partial charge >= 0.3 is 0 Å². The second kappa shape index (κ2) is 6.96. The zero-order chi connectivity index (χ0) is 13.7. The number of β-amino-alcohol motifs (C(OH)–C–C–N with tert-alkyl or cyclic N) is 1. The molecule has 0 atom stereocenters. The summed E-state index contributed by atoms with van der Waals surface area (Å²) in [4.78, 5) is 5.16. The predicted molar refractivity (Wildman–Crippen MR) is 81.1 cm³/mol. The maximum Gasteiger partial charge on any atom is 0.104 e. The molecule has 1 saturated heterocycles. The molecule has 5 heteroatoms. The highest BCUT2D eigenvalue weighted by molar-refractivity contribution is 7.80. The van der Waals surface area contributed by atoms with Crippen LogP contribution in [0.2, 0.25) is 0 Å². The minimum Gasteiger partial charge on any atom is -0.395 e. The number of piperazine rings is 1. The van der Waals surface area contributed by atoms with E-state index in [-0.39, 0.29) is 6.61 Å². The lowest BCUT2D eigenvalue weighted by atomic mass is 10.1. The normalized spacial score (nSPS) is 17.5. The first-order chi connectivity index (χ1) is 9.20. The predicted octanol–water partition coefficient (Wildman–Crippen LogP) is 0.431. The summed E-state index contributed by atoms with van der Waals surface area (Å²) in [5.41, 5.74) is 7.94. The molecule has 19 heavy (non-hydrogen) atoms. The quantitative estimate of drug-likeness (QED) is 0.766. The zero-order valence-electron chi connectivity index (χ0n) is 11.1. The highest BCUT2D eigenvalue weighted by atomic mass is 32.1. The van der Waals surface area contributed by atoms with E-state index in [1.165, 1.54) is 5.56 Å². The lowest BCUT2D eigenvalue weighted by Gasteiger charge is -2.34. The minimum absolute atomic E-state index is 0.240. The monoisotopic (exact) mass is 279 g/mol. The van der Waals surface area contributed by atoms with Crippen LogP contribution < -0.4 is 5.73 Å². The Morgan fingerprint density at radius 3 is 2.42 bits per heavy atom. The molecule has 1 aromatic carbocycles. The van der Waals surface area contributed by atoms with Crippen LogP contribution in [-0.4, -0.2) is 59.2 Å². The van der Waals surface area contributed by atoms with Gasteiger partial charge in [0.25, 0.3) is 0 Å². The van der Waals surface area contributed by atoms with Gasteiger partial charge in [0.15, 0.2) is 0 Å². The van der Waals surface area contributed by atoms with Crippen molar-refractivity contribution in [2.75, 3.05) is 39.3 Å². The number of thiocarbonyl (C=S) groups is 1. The van der Waals surface area contributed by atoms with Crippen LogP contribution >= 0.6 is 12.2 Å². The smallest absolute Gasteiger partial charge is 0.104 e. The Hall–Kier alpha value is -1.01. The Labute approximate surface area is 119 Å². The summed E-state index contributed by atoms with van der Waals surface area (Å²) >= 11 is 5.09. The van der Waals surface area contributed by atoms with Gasteiger partial charge in [0.2, 0.25) is 0 Å². The number of hydrogen-bond acceptors (Lipinski definition) is 4. The highest BCUT2D eigenvalue weighted by Crippen LogP contribution is 2.13. The largest absolute Gasteiger partial charge is 0.395 e. The van der Waals surface area contributed by atoms with Gasteiger partial charge in [-0.1, -0.05) is 36.5 Å². The molecule has 1 aliphatic rings. The van der Waals surface area contributed by atoms with Crippen LogP contribution in [0.1, 0.15) is 11.1 Å². The molecule has 0 spiro atoms. The second-order valence-electron chi connectivity index (χ2n) is 4.86. The van der Waals surface area contributed by atoms with Crippen LogP contribution in [0.4, 0.5) is 0 Å².